The maximum Gasteiger partial charge on any atom is 0.269 e. The van der Waals surface area contributed by atoms with Gasteiger partial charge < -0.3 is 9.84 Å². The fourth-order valence-electron chi connectivity index (χ4n) is 1.13. The van der Waals surface area contributed by atoms with Gasteiger partial charge in [-0.2, -0.15) is 0 Å². The van der Waals surface area contributed by atoms with Crippen molar-refractivity contribution in [1.29, 1.82) is 0 Å². The van der Waals surface area contributed by atoms with Crippen LogP contribution < -0.4 is 4.74 Å². The Morgan fingerprint density at radius 2 is 2.21 bits per heavy atom. The molecule has 5 heteroatoms. The van der Waals surface area contributed by atoms with Crippen LogP contribution in [-0.2, 0) is 6.61 Å². The summed E-state index contributed by atoms with van der Waals surface area (Å²) in [4.78, 5) is 3.78. The molecule has 1 N–H and O–H groups in total. The minimum absolute atomic E-state index is 0.130. The quantitative estimate of drug-likeness (QED) is 0.814. The van der Waals surface area contributed by atoms with Gasteiger partial charge in [-0.3, -0.25) is 0 Å². The van der Waals surface area contributed by atoms with E-state index in [2.05, 4.69) is 4.98 Å². The second kappa shape index (κ2) is 4.32. The number of aryl methyl sites for hydroxylation is 1. The lowest BCUT2D eigenvalue weighted by Crippen LogP contribution is -2.02. The minimum atomic E-state index is -2.62. The van der Waals surface area contributed by atoms with E-state index in [0.717, 1.165) is 0 Å². The molecule has 1 rings (SSSR count). The van der Waals surface area contributed by atoms with Crippen LogP contribution in [0.15, 0.2) is 6.07 Å². The van der Waals surface area contributed by atoms with Gasteiger partial charge in [-0.05, 0) is 18.6 Å². The van der Waals surface area contributed by atoms with Crippen molar-refractivity contribution in [3.05, 3.63) is 22.9 Å². The summed E-state index contributed by atoms with van der Waals surface area (Å²) in [5, 5.41) is 8.86. The van der Waals surface area contributed by atoms with E-state index >= 15 is 0 Å². The summed E-state index contributed by atoms with van der Waals surface area (Å²) in [5.74, 6) is -0.130. The van der Waals surface area contributed by atoms with Crippen LogP contribution in [0.1, 0.15) is 23.2 Å². The van der Waals surface area contributed by atoms with Crippen LogP contribution in [-0.4, -0.2) is 17.2 Å². The van der Waals surface area contributed by atoms with Gasteiger partial charge in [0.25, 0.3) is 6.43 Å². The molecular weight excluding hydrogens is 192 g/mol. The van der Waals surface area contributed by atoms with Crippen LogP contribution in [0.3, 0.4) is 0 Å². The number of pyridine rings is 1. The molecule has 1 aromatic rings. The van der Waals surface area contributed by atoms with E-state index in [1.54, 1.807) is 6.92 Å². The molecular formula is C9H11F2NO2. The van der Waals surface area contributed by atoms with E-state index in [1.807, 2.05) is 0 Å². The third-order valence-corrected chi connectivity index (χ3v) is 1.89. The van der Waals surface area contributed by atoms with Gasteiger partial charge in [-0.15, -0.1) is 0 Å². The number of aliphatic hydroxyl groups excluding tert-OH is 1. The Balaban J connectivity index is 3.24. The predicted octanol–water partition coefficient (Wildman–Crippen LogP) is 1.83. The zero-order chi connectivity index (χ0) is 10.7. The monoisotopic (exact) mass is 203 g/mol. The molecule has 0 amide bonds. The van der Waals surface area contributed by atoms with Gasteiger partial charge in [0.2, 0.25) is 5.88 Å². The van der Waals surface area contributed by atoms with Crippen molar-refractivity contribution in [3.8, 4) is 5.88 Å². The number of methoxy groups -OCH3 is 1. The summed E-state index contributed by atoms with van der Waals surface area (Å²) in [6.07, 6.45) is -2.62. The molecule has 0 bridgehead atoms. The highest BCUT2D eigenvalue weighted by atomic mass is 19.3. The number of aliphatic hydroxyl groups is 1. The van der Waals surface area contributed by atoms with Crippen LogP contribution in [0.2, 0.25) is 0 Å². The first-order valence-electron chi connectivity index (χ1n) is 4.03. The van der Waals surface area contributed by atoms with Crippen molar-refractivity contribution in [2.45, 2.75) is 20.0 Å². The molecule has 3 nitrogen and oxygen atoms in total. The number of halogens is 2. The molecule has 14 heavy (non-hydrogen) atoms. The van der Waals surface area contributed by atoms with Gasteiger partial charge >= 0.3 is 0 Å². The van der Waals surface area contributed by atoms with Gasteiger partial charge in [-0.1, -0.05) is 0 Å². The van der Waals surface area contributed by atoms with Crippen molar-refractivity contribution in [2.24, 2.45) is 0 Å². The van der Waals surface area contributed by atoms with Crippen LogP contribution in [0, 0.1) is 6.92 Å². The lowest BCUT2D eigenvalue weighted by Gasteiger charge is -2.10. The van der Waals surface area contributed by atoms with Crippen LogP contribution in [0.5, 0.6) is 5.88 Å². The number of rotatable bonds is 3. The SMILES string of the molecule is COc1nc(CO)c(C)cc1C(F)F. The highest BCUT2D eigenvalue weighted by molar-refractivity contribution is 5.34. The average Bonchev–Trinajstić information content (AvgIpc) is 2.17. The maximum atomic E-state index is 12.4. The third kappa shape index (κ3) is 1.98. The summed E-state index contributed by atoms with van der Waals surface area (Å²) < 4.78 is 29.6. The molecule has 0 aromatic carbocycles. The van der Waals surface area contributed by atoms with E-state index < -0.39 is 6.43 Å². The summed E-state index contributed by atoms with van der Waals surface area (Å²) in [7, 11) is 1.27. The topological polar surface area (TPSA) is 42.4 Å². The minimum Gasteiger partial charge on any atom is -0.481 e. The number of hydrogen-bond acceptors (Lipinski definition) is 3. The number of alkyl halides is 2. The second-order valence-electron chi connectivity index (χ2n) is 2.81. The van der Waals surface area contributed by atoms with Crippen molar-refractivity contribution in [1.82, 2.24) is 4.98 Å². The standard InChI is InChI=1S/C9H11F2NO2/c1-5-3-6(8(10)11)9(14-2)12-7(5)4-13/h3,8,13H,4H2,1-2H3. The summed E-state index contributed by atoms with van der Waals surface area (Å²) in [5.41, 5.74) is 0.636. The fraction of sp³-hybridized carbons (Fsp3) is 0.444. The lowest BCUT2D eigenvalue weighted by molar-refractivity contribution is 0.145. The zero-order valence-corrected chi connectivity index (χ0v) is 7.92. The molecule has 1 heterocycles. The first-order chi connectivity index (χ1) is 6.60. The third-order valence-electron chi connectivity index (χ3n) is 1.89. The number of aromatic nitrogens is 1. The van der Waals surface area contributed by atoms with Gasteiger partial charge in [-0.25, -0.2) is 13.8 Å². The zero-order valence-electron chi connectivity index (χ0n) is 7.92. The molecule has 0 saturated heterocycles. The molecule has 0 radical (unpaired) electrons. The van der Waals surface area contributed by atoms with E-state index in [9.17, 15) is 8.78 Å². The molecule has 0 atom stereocenters. The Labute approximate surface area is 80.3 Å². The van der Waals surface area contributed by atoms with Crippen LogP contribution in [0.25, 0.3) is 0 Å². The Bertz CT molecular complexity index is 329. The average molecular weight is 203 g/mol. The van der Waals surface area contributed by atoms with E-state index in [4.69, 9.17) is 9.84 Å². The van der Waals surface area contributed by atoms with Crippen molar-refractivity contribution < 1.29 is 18.6 Å². The molecule has 0 fully saturated rings. The number of hydrogen-bond donors (Lipinski definition) is 1. The van der Waals surface area contributed by atoms with E-state index in [-0.39, 0.29) is 18.1 Å². The van der Waals surface area contributed by atoms with Crippen molar-refractivity contribution >= 4 is 0 Å². The molecule has 0 aliphatic carbocycles. The van der Waals surface area contributed by atoms with Gasteiger partial charge in [0.15, 0.2) is 0 Å². The molecule has 0 spiro atoms. The Morgan fingerprint density at radius 1 is 1.57 bits per heavy atom. The van der Waals surface area contributed by atoms with Gasteiger partial charge in [0, 0.05) is 0 Å². The van der Waals surface area contributed by atoms with Crippen molar-refractivity contribution in [2.75, 3.05) is 7.11 Å². The molecule has 1 aromatic heterocycles. The molecule has 0 aliphatic heterocycles. The first-order valence-corrected chi connectivity index (χ1v) is 4.03. The maximum absolute atomic E-state index is 12.4. The smallest absolute Gasteiger partial charge is 0.269 e. The van der Waals surface area contributed by atoms with Gasteiger partial charge in [0.05, 0.1) is 25.0 Å². The second-order valence-corrected chi connectivity index (χ2v) is 2.81. The Kier molecular flexibility index (Phi) is 3.35. The van der Waals surface area contributed by atoms with Crippen LogP contribution in [0.4, 0.5) is 8.78 Å². The molecule has 0 saturated carbocycles. The Morgan fingerprint density at radius 3 is 2.64 bits per heavy atom. The number of ether oxygens (including phenoxy) is 1. The Hall–Kier alpha value is -1.23. The molecule has 0 aliphatic rings. The number of nitrogens with zero attached hydrogens (tertiary/aromatic N) is 1. The predicted molar refractivity (Wildman–Crippen MR) is 46.4 cm³/mol. The summed E-state index contributed by atoms with van der Waals surface area (Å²) in [6.45, 7) is 1.33. The highest BCUT2D eigenvalue weighted by Crippen LogP contribution is 2.28. The van der Waals surface area contributed by atoms with Gasteiger partial charge in [0.1, 0.15) is 0 Å². The summed E-state index contributed by atoms with van der Waals surface area (Å²) in [6, 6.07) is 1.28. The summed E-state index contributed by atoms with van der Waals surface area (Å²) >= 11 is 0. The largest absolute Gasteiger partial charge is 0.481 e. The first kappa shape index (κ1) is 10.8. The van der Waals surface area contributed by atoms with Crippen molar-refractivity contribution in [3.63, 3.8) is 0 Å². The van der Waals surface area contributed by atoms with E-state index in [0.29, 0.717) is 11.3 Å². The lowest BCUT2D eigenvalue weighted by atomic mass is 10.1. The molecule has 78 valence electrons. The van der Waals surface area contributed by atoms with E-state index in [1.165, 1.54) is 13.2 Å². The fourth-order valence-corrected chi connectivity index (χ4v) is 1.13. The van der Waals surface area contributed by atoms with Crippen LogP contribution >= 0.6 is 0 Å². The molecule has 0 unspecified atom stereocenters. The normalized spacial score (nSPS) is 10.7. The highest BCUT2D eigenvalue weighted by Gasteiger charge is 2.17.